The third-order valence-corrected chi connectivity index (χ3v) is 5.65. The van der Waals surface area contributed by atoms with Crippen LogP contribution >= 0.6 is 0 Å². The molecule has 0 aliphatic heterocycles. The first-order chi connectivity index (χ1) is 9.58. The SMILES string of the molecule is Cc1cc2c3c(c1C)CCc1c(C)c(C)cc(c1-3)CC2. The molecular weight excluding hydrogens is 240 g/mol. The number of aryl methyl sites for hydroxylation is 4. The Morgan fingerprint density at radius 1 is 0.600 bits per heavy atom. The summed E-state index contributed by atoms with van der Waals surface area (Å²) in [5.74, 6) is 0. The highest BCUT2D eigenvalue weighted by Gasteiger charge is 2.28. The molecule has 0 fully saturated rings. The molecule has 2 aliphatic rings. The van der Waals surface area contributed by atoms with Gasteiger partial charge < -0.3 is 0 Å². The summed E-state index contributed by atoms with van der Waals surface area (Å²) in [6.07, 6.45) is 4.90. The zero-order valence-corrected chi connectivity index (χ0v) is 13.0. The Kier molecular flexibility index (Phi) is 2.42. The van der Waals surface area contributed by atoms with Crippen molar-refractivity contribution >= 4 is 0 Å². The fourth-order valence-electron chi connectivity index (χ4n) is 4.28. The topological polar surface area (TPSA) is 0 Å². The lowest BCUT2D eigenvalue weighted by atomic mass is 9.72. The maximum atomic E-state index is 2.45. The smallest absolute Gasteiger partial charge is 0.0111 e. The molecule has 102 valence electrons. The summed E-state index contributed by atoms with van der Waals surface area (Å²) in [6, 6.07) is 4.89. The van der Waals surface area contributed by atoms with E-state index >= 15 is 0 Å². The predicted octanol–water partition coefficient (Wildman–Crippen LogP) is 4.78. The molecule has 0 heteroatoms. The van der Waals surface area contributed by atoms with Crippen molar-refractivity contribution in [2.24, 2.45) is 0 Å². The van der Waals surface area contributed by atoms with Crippen LogP contribution in [0.25, 0.3) is 11.1 Å². The van der Waals surface area contributed by atoms with E-state index in [9.17, 15) is 0 Å². The van der Waals surface area contributed by atoms with Crippen molar-refractivity contribution < 1.29 is 0 Å². The van der Waals surface area contributed by atoms with Crippen molar-refractivity contribution in [3.63, 3.8) is 0 Å². The van der Waals surface area contributed by atoms with Gasteiger partial charge in [-0.25, -0.2) is 0 Å². The lowest BCUT2D eigenvalue weighted by molar-refractivity contribution is 0.856. The molecule has 0 unspecified atom stereocenters. The van der Waals surface area contributed by atoms with Crippen LogP contribution in [0.4, 0.5) is 0 Å². The largest absolute Gasteiger partial charge is 0.0552 e. The highest BCUT2D eigenvalue weighted by Crippen LogP contribution is 2.45. The van der Waals surface area contributed by atoms with Gasteiger partial charge in [0.1, 0.15) is 0 Å². The minimum absolute atomic E-state index is 1.22. The zero-order valence-electron chi connectivity index (χ0n) is 13.0. The fraction of sp³-hybridized carbons (Fsp3) is 0.400. The van der Waals surface area contributed by atoms with Crippen molar-refractivity contribution in [3.8, 4) is 11.1 Å². The van der Waals surface area contributed by atoms with Crippen LogP contribution in [-0.2, 0) is 25.7 Å². The summed E-state index contributed by atoms with van der Waals surface area (Å²) in [6.45, 7) is 9.17. The predicted molar refractivity (Wildman–Crippen MR) is 85.6 cm³/mol. The van der Waals surface area contributed by atoms with E-state index in [1.165, 1.54) is 47.9 Å². The molecule has 0 bridgehead atoms. The van der Waals surface area contributed by atoms with Gasteiger partial charge in [0, 0.05) is 0 Å². The van der Waals surface area contributed by atoms with Crippen LogP contribution in [0, 0.1) is 27.7 Å². The van der Waals surface area contributed by atoms with E-state index in [0.29, 0.717) is 0 Å². The molecule has 0 radical (unpaired) electrons. The quantitative estimate of drug-likeness (QED) is 0.640. The Morgan fingerprint density at radius 2 is 1.00 bits per heavy atom. The molecular formula is C20H22. The van der Waals surface area contributed by atoms with Crippen LogP contribution < -0.4 is 0 Å². The van der Waals surface area contributed by atoms with E-state index in [1.807, 2.05) is 0 Å². The minimum atomic E-state index is 1.22. The van der Waals surface area contributed by atoms with Crippen LogP contribution in [0.1, 0.15) is 44.5 Å². The molecule has 0 saturated carbocycles. The second-order valence-corrected chi connectivity index (χ2v) is 6.66. The van der Waals surface area contributed by atoms with Crippen molar-refractivity contribution in [3.05, 3.63) is 56.6 Å². The average molecular weight is 262 g/mol. The van der Waals surface area contributed by atoms with Gasteiger partial charge in [-0.1, -0.05) is 12.1 Å². The standard InChI is InChI=1S/C20H22/c1-11-9-15-5-6-16-10-12(2)14(4)18-8-7-17(13(11)3)19(15)20(16)18/h9-10H,5-8H2,1-4H3. The fourth-order valence-corrected chi connectivity index (χ4v) is 4.28. The molecule has 0 amide bonds. The van der Waals surface area contributed by atoms with E-state index in [0.717, 1.165) is 0 Å². The van der Waals surface area contributed by atoms with Gasteiger partial charge in [0.25, 0.3) is 0 Å². The van der Waals surface area contributed by atoms with E-state index in [1.54, 1.807) is 33.4 Å². The molecule has 0 saturated heterocycles. The Morgan fingerprint density at radius 3 is 1.40 bits per heavy atom. The highest BCUT2D eigenvalue weighted by atomic mass is 14.3. The van der Waals surface area contributed by atoms with E-state index in [2.05, 4.69) is 39.8 Å². The Balaban J connectivity index is 2.15. The van der Waals surface area contributed by atoms with Gasteiger partial charge in [0.2, 0.25) is 0 Å². The molecule has 0 nitrogen and oxygen atoms in total. The monoisotopic (exact) mass is 262 g/mol. The molecule has 2 aromatic carbocycles. The van der Waals surface area contributed by atoms with Gasteiger partial charge >= 0.3 is 0 Å². The third-order valence-electron chi connectivity index (χ3n) is 5.65. The zero-order chi connectivity index (χ0) is 14.0. The second-order valence-electron chi connectivity index (χ2n) is 6.66. The molecule has 2 aliphatic carbocycles. The molecule has 0 aromatic heterocycles. The summed E-state index contributed by atoms with van der Waals surface area (Å²) >= 11 is 0. The first kappa shape index (κ1) is 12.2. The van der Waals surface area contributed by atoms with Crippen molar-refractivity contribution in [1.82, 2.24) is 0 Å². The lowest BCUT2D eigenvalue weighted by Crippen LogP contribution is -2.17. The summed E-state index contributed by atoms with van der Waals surface area (Å²) in [7, 11) is 0. The highest BCUT2D eigenvalue weighted by molar-refractivity contribution is 5.83. The molecule has 0 atom stereocenters. The van der Waals surface area contributed by atoms with E-state index in [4.69, 9.17) is 0 Å². The van der Waals surface area contributed by atoms with Gasteiger partial charge in [-0.05, 0) is 109 Å². The van der Waals surface area contributed by atoms with Gasteiger partial charge in [0.05, 0.1) is 0 Å². The second kappa shape index (κ2) is 3.97. The Labute approximate surface area is 121 Å². The minimum Gasteiger partial charge on any atom is -0.0552 e. The first-order valence-electron chi connectivity index (χ1n) is 7.82. The third kappa shape index (κ3) is 1.43. The van der Waals surface area contributed by atoms with Crippen LogP contribution in [0.5, 0.6) is 0 Å². The Hall–Kier alpha value is -1.56. The molecule has 0 heterocycles. The molecule has 20 heavy (non-hydrogen) atoms. The first-order valence-corrected chi connectivity index (χ1v) is 7.82. The maximum Gasteiger partial charge on any atom is -0.0111 e. The molecule has 0 spiro atoms. The van der Waals surface area contributed by atoms with Gasteiger partial charge in [-0.2, -0.15) is 0 Å². The van der Waals surface area contributed by atoms with E-state index in [-0.39, 0.29) is 0 Å². The average Bonchev–Trinajstić information content (AvgIpc) is 2.44. The normalized spacial score (nSPS) is 15.2. The van der Waals surface area contributed by atoms with Gasteiger partial charge in [-0.15, -0.1) is 0 Å². The lowest BCUT2D eigenvalue weighted by Gasteiger charge is -2.33. The number of rotatable bonds is 0. The molecule has 0 N–H and O–H groups in total. The number of hydrogen-bond donors (Lipinski definition) is 0. The molecule has 2 aromatic rings. The summed E-state index contributed by atoms with van der Waals surface area (Å²) in [5, 5.41) is 0. The van der Waals surface area contributed by atoms with Gasteiger partial charge in [-0.3, -0.25) is 0 Å². The van der Waals surface area contributed by atoms with E-state index < -0.39 is 0 Å². The Bertz CT molecular complexity index is 682. The van der Waals surface area contributed by atoms with Crippen LogP contribution in [0.2, 0.25) is 0 Å². The number of benzene rings is 2. The number of hydrogen-bond acceptors (Lipinski definition) is 0. The van der Waals surface area contributed by atoms with Crippen LogP contribution in [0.15, 0.2) is 12.1 Å². The van der Waals surface area contributed by atoms with Gasteiger partial charge in [0.15, 0.2) is 0 Å². The van der Waals surface area contributed by atoms with Crippen LogP contribution in [-0.4, -0.2) is 0 Å². The maximum absolute atomic E-state index is 2.45. The van der Waals surface area contributed by atoms with Crippen molar-refractivity contribution in [2.75, 3.05) is 0 Å². The molecule has 4 rings (SSSR count). The van der Waals surface area contributed by atoms with Crippen LogP contribution in [0.3, 0.4) is 0 Å². The summed E-state index contributed by atoms with van der Waals surface area (Å²) < 4.78 is 0. The summed E-state index contributed by atoms with van der Waals surface area (Å²) in [5.41, 5.74) is 15.7. The van der Waals surface area contributed by atoms with Crippen molar-refractivity contribution in [2.45, 2.75) is 53.4 Å². The summed E-state index contributed by atoms with van der Waals surface area (Å²) in [4.78, 5) is 0. The van der Waals surface area contributed by atoms with Crippen molar-refractivity contribution in [1.29, 1.82) is 0 Å².